The lowest BCUT2D eigenvalue weighted by Gasteiger charge is -2.29. The molecular weight excluding hydrogens is 346 g/mol. The highest BCUT2D eigenvalue weighted by molar-refractivity contribution is 7.91. The fourth-order valence-corrected chi connectivity index (χ4v) is 6.12. The number of imide groups is 1. The molecule has 0 aromatic rings. The first-order valence-corrected chi connectivity index (χ1v) is 10.8. The van der Waals surface area contributed by atoms with Gasteiger partial charge in [-0.1, -0.05) is 12.8 Å². The minimum absolute atomic E-state index is 0.0146. The molecule has 4 rings (SSSR count). The number of amides is 4. The first-order valence-electron chi connectivity index (χ1n) is 8.97. The summed E-state index contributed by atoms with van der Waals surface area (Å²) in [6, 6.07) is -0.784. The van der Waals surface area contributed by atoms with Crippen LogP contribution in [0.3, 0.4) is 0 Å². The highest BCUT2D eigenvalue weighted by Crippen LogP contribution is 2.36. The van der Waals surface area contributed by atoms with Crippen molar-refractivity contribution in [1.82, 2.24) is 15.1 Å². The van der Waals surface area contributed by atoms with Crippen molar-refractivity contribution in [2.75, 3.05) is 18.1 Å². The van der Waals surface area contributed by atoms with E-state index in [9.17, 15) is 22.8 Å². The van der Waals surface area contributed by atoms with Crippen molar-refractivity contribution in [3.63, 3.8) is 0 Å². The molecule has 1 unspecified atom stereocenters. The van der Waals surface area contributed by atoms with Gasteiger partial charge in [0.1, 0.15) is 12.1 Å². The fraction of sp³-hybridized carbons (Fsp3) is 0.812. The summed E-state index contributed by atoms with van der Waals surface area (Å²) in [5, 5.41) is 2.77. The zero-order valence-electron chi connectivity index (χ0n) is 14.1. The van der Waals surface area contributed by atoms with E-state index in [2.05, 4.69) is 5.32 Å². The molecule has 25 heavy (non-hydrogen) atoms. The molecule has 2 heterocycles. The first kappa shape index (κ1) is 16.8. The molecule has 1 N–H and O–H groups in total. The molecule has 4 amide bonds. The molecule has 1 atom stereocenters. The van der Waals surface area contributed by atoms with Crippen molar-refractivity contribution in [3.8, 4) is 0 Å². The Hall–Kier alpha value is -1.64. The van der Waals surface area contributed by atoms with Crippen molar-refractivity contribution in [1.29, 1.82) is 0 Å². The quantitative estimate of drug-likeness (QED) is 0.704. The number of carbonyl (C=O) groups is 3. The molecule has 9 heteroatoms. The third-order valence-electron chi connectivity index (χ3n) is 5.83. The molecule has 4 aliphatic rings. The highest BCUT2D eigenvalue weighted by atomic mass is 32.2. The van der Waals surface area contributed by atoms with Gasteiger partial charge >= 0.3 is 6.03 Å². The van der Waals surface area contributed by atoms with Crippen molar-refractivity contribution in [3.05, 3.63) is 0 Å². The number of sulfone groups is 1. The van der Waals surface area contributed by atoms with Gasteiger partial charge in [0.25, 0.3) is 5.91 Å². The molecule has 1 spiro atoms. The lowest BCUT2D eigenvalue weighted by molar-refractivity contribution is -0.140. The van der Waals surface area contributed by atoms with E-state index in [0.29, 0.717) is 19.3 Å². The lowest BCUT2D eigenvalue weighted by atomic mass is 9.98. The summed E-state index contributed by atoms with van der Waals surface area (Å²) in [6.07, 6.45) is 5.17. The van der Waals surface area contributed by atoms with E-state index in [0.717, 1.165) is 30.6 Å². The van der Waals surface area contributed by atoms with E-state index in [1.165, 1.54) is 0 Å². The summed E-state index contributed by atoms with van der Waals surface area (Å²) < 4.78 is 23.5. The van der Waals surface area contributed by atoms with Crippen LogP contribution in [0.25, 0.3) is 0 Å². The second-order valence-corrected chi connectivity index (χ2v) is 9.93. The molecule has 2 aliphatic carbocycles. The Kier molecular flexibility index (Phi) is 3.82. The molecule has 2 aliphatic heterocycles. The summed E-state index contributed by atoms with van der Waals surface area (Å²) in [4.78, 5) is 40.4. The molecule has 4 fully saturated rings. The van der Waals surface area contributed by atoms with Crippen LogP contribution in [-0.4, -0.2) is 71.7 Å². The van der Waals surface area contributed by atoms with Crippen LogP contribution in [0.4, 0.5) is 4.79 Å². The number of hydrogen-bond acceptors (Lipinski definition) is 5. The molecule has 138 valence electrons. The third kappa shape index (κ3) is 2.92. The number of nitrogens with one attached hydrogen (secondary N) is 1. The van der Waals surface area contributed by atoms with Gasteiger partial charge in [-0.25, -0.2) is 13.2 Å². The van der Waals surface area contributed by atoms with E-state index >= 15 is 0 Å². The van der Waals surface area contributed by atoms with E-state index in [1.807, 2.05) is 0 Å². The Labute approximate surface area is 146 Å². The van der Waals surface area contributed by atoms with Crippen molar-refractivity contribution in [2.45, 2.75) is 62.6 Å². The van der Waals surface area contributed by atoms with Crippen LogP contribution in [0.15, 0.2) is 0 Å². The van der Waals surface area contributed by atoms with Crippen molar-refractivity contribution in [2.24, 2.45) is 0 Å². The summed E-state index contributed by atoms with van der Waals surface area (Å²) in [5.41, 5.74) is -0.821. The topological polar surface area (TPSA) is 104 Å². The van der Waals surface area contributed by atoms with Crippen LogP contribution in [0.2, 0.25) is 0 Å². The number of hydrogen-bond donors (Lipinski definition) is 1. The normalized spacial score (nSPS) is 30.1. The van der Waals surface area contributed by atoms with E-state index < -0.39 is 21.4 Å². The average molecular weight is 369 g/mol. The average Bonchev–Trinajstić information content (AvgIpc) is 3.07. The van der Waals surface area contributed by atoms with Gasteiger partial charge in [-0.15, -0.1) is 0 Å². The van der Waals surface area contributed by atoms with Crippen LogP contribution < -0.4 is 5.32 Å². The maximum atomic E-state index is 12.8. The number of rotatable bonds is 4. The van der Waals surface area contributed by atoms with E-state index in [1.54, 1.807) is 4.90 Å². The van der Waals surface area contributed by atoms with E-state index in [4.69, 9.17) is 0 Å². The molecule has 0 bridgehead atoms. The summed E-state index contributed by atoms with van der Waals surface area (Å²) >= 11 is 0. The number of carbonyl (C=O) groups excluding carboxylic acids is 3. The second-order valence-electron chi connectivity index (χ2n) is 7.70. The zero-order chi connectivity index (χ0) is 17.8. The van der Waals surface area contributed by atoms with Crippen LogP contribution in [0.1, 0.15) is 44.9 Å². The van der Waals surface area contributed by atoms with Crippen LogP contribution in [0, 0.1) is 0 Å². The first-order chi connectivity index (χ1) is 11.8. The molecule has 0 radical (unpaired) electrons. The predicted octanol–water partition coefficient (Wildman–Crippen LogP) is 0.0291. The molecule has 8 nitrogen and oxygen atoms in total. The van der Waals surface area contributed by atoms with Crippen molar-refractivity contribution >= 4 is 27.7 Å². The van der Waals surface area contributed by atoms with Crippen molar-refractivity contribution < 1.29 is 22.8 Å². The summed E-state index contributed by atoms with van der Waals surface area (Å²) in [7, 11) is -3.10. The van der Waals surface area contributed by atoms with Gasteiger partial charge in [0.2, 0.25) is 5.91 Å². The summed E-state index contributed by atoms with van der Waals surface area (Å²) in [6.45, 7) is -0.292. The van der Waals surface area contributed by atoms with Gasteiger partial charge in [0, 0.05) is 12.1 Å². The Morgan fingerprint density at radius 2 is 1.84 bits per heavy atom. The number of urea groups is 1. The van der Waals surface area contributed by atoms with Gasteiger partial charge in [0.05, 0.1) is 11.5 Å². The maximum absolute atomic E-state index is 12.8. The monoisotopic (exact) mass is 369 g/mol. The molecular formula is C16H23N3O5S. The Bertz CT molecular complexity index is 724. The van der Waals surface area contributed by atoms with Gasteiger partial charge in [-0.05, 0) is 32.1 Å². The molecule has 2 saturated heterocycles. The van der Waals surface area contributed by atoms with E-state index in [-0.39, 0.29) is 41.9 Å². The maximum Gasteiger partial charge on any atom is 0.325 e. The zero-order valence-corrected chi connectivity index (χ0v) is 14.9. The molecule has 0 aromatic carbocycles. The highest BCUT2D eigenvalue weighted by Gasteiger charge is 2.53. The summed E-state index contributed by atoms with van der Waals surface area (Å²) in [5.74, 6) is -0.541. The van der Waals surface area contributed by atoms with Gasteiger partial charge < -0.3 is 10.2 Å². The minimum Gasteiger partial charge on any atom is -0.334 e. The Morgan fingerprint density at radius 3 is 2.40 bits per heavy atom. The largest absolute Gasteiger partial charge is 0.334 e. The van der Waals surface area contributed by atoms with Gasteiger partial charge in [-0.3, -0.25) is 14.5 Å². The van der Waals surface area contributed by atoms with Crippen LogP contribution in [0.5, 0.6) is 0 Å². The minimum atomic E-state index is -3.10. The second kappa shape index (κ2) is 5.69. The smallest absolute Gasteiger partial charge is 0.325 e. The Balaban J connectivity index is 1.48. The lowest BCUT2D eigenvalue weighted by Crippen LogP contribution is -2.49. The van der Waals surface area contributed by atoms with Gasteiger partial charge in [0.15, 0.2) is 9.84 Å². The number of nitrogens with zero attached hydrogens (tertiary/aromatic N) is 2. The SMILES string of the molecule is O=C1NC2(CCCC2)C(=O)N1CC(=O)N(C1CC1)C1CCS(=O)(=O)C1. The van der Waals surface area contributed by atoms with Crippen LogP contribution in [-0.2, 0) is 19.4 Å². The standard InChI is InChI=1S/C16H23N3O5S/c20-13(19(11-3-4-11)12-5-8-25(23,24)10-12)9-18-14(21)16(17-15(18)22)6-1-2-7-16/h11-12H,1-10H2,(H,17,22). The molecule has 2 saturated carbocycles. The third-order valence-corrected chi connectivity index (χ3v) is 7.58. The predicted molar refractivity (Wildman–Crippen MR) is 88.4 cm³/mol. The van der Waals surface area contributed by atoms with Gasteiger partial charge in [-0.2, -0.15) is 0 Å². The van der Waals surface area contributed by atoms with Crippen LogP contribution >= 0.6 is 0 Å². The molecule has 0 aromatic heterocycles. The fourth-order valence-electron chi connectivity index (χ4n) is 4.41. The Morgan fingerprint density at radius 1 is 1.16 bits per heavy atom.